The molecular formula is C14H13Cl2FN2O3. The Hall–Kier alpha value is -1.66. The number of alkyl halides is 1. The van der Waals surface area contributed by atoms with Gasteiger partial charge in [-0.3, -0.25) is 4.99 Å². The van der Waals surface area contributed by atoms with Crippen LogP contribution in [0.5, 0.6) is 0 Å². The number of aliphatic imine (C=N–C) groups is 1. The van der Waals surface area contributed by atoms with Crippen molar-refractivity contribution >= 4 is 41.1 Å². The van der Waals surface area contributed by atoms with Crippen LogP contribution in [0.15, 0.2) is 22.7 Å². The highest BCUT2D eigenvalue weighted by Gasteiger charge is 2.37. The number of halogens is 3. The number of pyridine rings is 1. The van der Waals surface area contributed by atoms with Crippen molar-refractivity contribution in [3.05, 3.63) is 33.6 Å². The largest absolute Gasteiger partial charge is 0.506 e. The first-order chi connectivity index (χ1) is 10.4. The lowest BCUT2D eigenvalue weighted by atomic mass is 10.1. The number of rotatable bonds is 5. The second kappa shape index (κ2) is 7.07. The Morgan fingerprint density at radius 3 is 2.82 bits per heavy atom. The van der Waals surface area contributed by atoms with E-state index in [4.69, 9.17) is 27.9 Å². The van der Waals surface area contributed by atoms with Gasteiger partial charge in [0.2, 0.25) is 0 Å². The number of aliphatic hydroxyl groups is 1. The summed E-state index contributed by atoms with van der Waals surface area (Å²) in [6.07, 6.45) is 0.390. The fraction of sp³-hybridized carbons (Fsp3) is 0.357. The van der Waals surface area contributed by atoms with Crippen molar-refractivity contribution in [2.75, 3.05) is 6.61 Å². The molecule has 0 amide bonds. The minimum atomic E-state index is -1.01. The number of aromatic nitrogens is 1. The molecule has 0 spiro atoms. The quantitative estimate of drug-likeness (QED) is 0.291. The van der Waals surface area contributed by atoms with Crippen LogP contribution in [0.25, 0.3) is 5.76 Å². The zero-order valence-corrected chi connectivity index (χ0v) is 13.1. The molecule has 0 aromatic carbocycles. The third kappa shape index (κ3) is 3.96. The first-order valence-electron chi connectivity index (χ1n) is 6.54. The second-order valence-corrected chi connectivity index (χ2v) is 5.30. The first-order valence-corrected chi connectivity index (χ1v) is 7.29. The lowest BCUT2D eigenvalue weighted by Crippen LogP contribution is -2.12. The van der Waals surface area contributed by atoms with Crippen molar-refractivity contribution in [3.8, 4) is 0 Å². The van der Waals surface area contributed by atoms with E-state index < -0.39 is 23.9 Å². The van der Waals surface area contributed by atoms with E-state index in [2.05, 4.69) is 9.98 Å². The van der Waals surface area contributed by atoms with Crippen molar-refractivity contribution in [2.24, 2.45) is 4.99 Å². The zero-order chi connectivity index (χ0) is 16.3. The van der Waals surface area contributed by atoms with Gasteiger partial charge in [-0.05, 0) is 19.1 Å². The molecule has 8 heteroatoms. The minimum Gasteiger partial charge on any atom is -0.506 e. The van der Waals surface area contributed by atoms with Crippen LogP contribution in [0.1, 0.15) is 18.9 Å². The predicted molar refractivity (Wildman–Crippen MR) is 82.2 cm³/mol. The zero-order valence-electron chi connectivity index (χ0n) is 11.6. The molecule has 1 N–H and O–H groups in total. The lowest BCUT2D eigenvalue weighted by molar-refractivity contribution is -0.137. The van der Waals surface area contributed by atoms with E-state index in [1.807, 2.05) is 0 Å². The molecule has 0 bridgehead atoms. The van der Waals surface area contributed by atoms with Gasteiger partial charge < -0.3 is 9.84 Å². The summed E-state index contributed by atoms with van der Waals surface area (Å²) >= 11 is 11.6. The molecule has 1 aromatic rings. The third-order valence-corrected chi connectivity index (χ3v) is 3.40. The Balaban J connectivity index is 2.39. The molecule has 1 heterocycles. The SMILES string of the molecule is CCOC(=O)C(C=N[C@@H]1C[C@@H]1F)=C(O)c1ccc(Cl)nc1Cl. The topological polar surface area (TPSA) is 71.8 Å². The number of carbonyl (C=O) groups excluding carboxylic acids is 1. The van der Waals surface area contributed by atoms with E-state index in [-0.39, 0.29) is 28.0 Å². The van der Waals surface area contributed by atoms with Crippen LogP contribution in [0.2, 0.25) is 10.3 Å². The van der Waals surface area contributed by atoms with Crippen LogP contribution in [-0.2, 0) is 9.53 Å². The summed E-state index contributed by atoms with van der Waals surface area (Å²) < 4.78 is 17.7. The molecule has 22 heavy (non-hydrogen) atoms. The molecule has 0 unspecified atom stereocenters. The predicted octanol–water partition coefficient (Wildman–Crippen LogP) is 3.40. The van der Waals surface area contributed by atoms with Gasteiger partial charge >= 0.3 is 5.97 Å². The molecular weight excluding hydrogens is 334 g/mol. The molecule has 0 saturated heterocycles. The van der Waals surface area contributed by atoms with E-state index in [1.54, 1.807) is 6.92 Å². The monoisotopic (exact) mass is 346 g/mol. The highest BCUT2D eigenvalue weighted by molar-refractivity contribution is 6.33. The Bertz CT molecular complexity index is 649. The maximum Gasteiger partial charge on any atom is 0.343 e. The molecule has 1 saturated carbocycles. The number of esters is 1. The Kier molecular flexibility index (Phi) is 5.37. The van der Waals surface area contributed by atoms with Gasteiger partial charge in [-0.15, -0.1) is 0 Å². The fourth-order valence-electron chi connectivity index (χ4n) is 1.63. The standard InChI is InChI=1S/C14H13Cl2FN2O3/c1-2-22-14(21)8(6-18-10-5-9(10)17)12(20)7-3-4-11(15)19-13(7)16/h3-4,6,9-10,20H,2,5H2,1H3/t9-,10+/m0/s1. The number of nitrogens with zero attached hydrogens (tertiary/aromatic N) is 2. The average molecular weight is 347 g/mol. The number of aliphatic hydroxyl groups excluding tert-OH is 1. The van der Waals surface area contributed by atoms with Crippen molar-refractivity contribution in [2.45, 2.75) is 25.6 Å². The summed E-state index contributed by atoms with van der Waals surface area (Å²) in [6.45, 7) is 1.74. The first kappa shape index (κ1) is 16.7. The Morgan fingerprint density at radius 2 is 2.27 bits per heavy atom. The van der Waals surface area contributed by atoms with Gasteiger partial charge in [-0.25, -0.2) is 14.2 Å². The lowest BCUT2D eigenvalue weighted by Gasteiger charge is -2.08. The van der Waals surface area contributed by atoms with Crippen LogP contribution in [0.4, 0.5) is 4.39 Å². The van der Waals surface area contributed by atoms with Crippen molar-refractivity contribution in [1.29, 1.82) is 0 Å². The summed E-state index contributed by atoms with van der Waals surface area (Å²) in [5.74, 6) is -1.24. The smallest absolute Gasteiger partial charge is 0.343 e. The molecule has 1 fully saturated rings. The van der Waals surface area contributed by atoms with Crippen LogP contribution < -0.4 is 0 Å². The molecule has 2 rings (SSSR count). The number of hydrogen-bond donors (Lipinski definition) is 1. The van der Waals surface area contributed by atoms with Crippen LogP contribution in [0.3, 0.4) is 0 Å². The summed E-state index contributed by atoms with van der Waals surface area (Å²) in [5.41, 5.74) is -0.111. The normalized spacial score (nSPS) is 21.6. The van der Waals surface area contributed by atoms with Gasteiger partial charge in [0.15, 0.2) is 0 Å². The Morgan fingerprint density at radius 1 is 1.59 bits per heavy atom. The Labute approximate surface area is 136 Å². The van der Waals surface area contributed by atoms with Gasteiger partial charge in [0.1, 0.15) is 27.8 Å². The number of hydrogen-bond acceptors (Lipinski definition) is 5. The summed E-state index contributed by atoms with van der Waals surface area (Å²) in [7, 11) is 0. The molecule has 1 aromatic heterocycles. The fourth-order valence-corrected chi connectivity index (χ4v) is 2.06. The van der Waals surface area contributed by atoms with Crippen LogP contribution >= 0.6 is 23.2 Å². The summed E-state index contributed by atoms with van der Waals surface area (Å²) in [6, 6.07) is 2.34. The molecule has 0 radical (unpaired) electrons. The van der Waals surface area contributed by atoms with Gasteiger partial charge in [0, 0.05) is 12.6 Å². The highest BCUT2D eigenvalue weighted by Crippen LogP contribution is 2.29. The molecule has 1 aliphatic rings. The van der Waals surface area contributed by atoms with Gasteiger partial charge in [-0.2, -0.15) is 0 Å². The summed E-state index contributed by atoms with van der Waals surface area (Å²) in [4.78, 5) is 19.6. The van der Waals surface area contributed by atoms with E-state index in [9.17, 15) is 14.3 Å². The van der Waals surface area contributed by atoms with E-state index >= 15 is 0 Å². The van der Waals surface area contributed by atoms with Gasteiger partial charge in [0.05, 0.1) is 18.2 Å². The van der Waals surface area contributed by atoms with E-state index in [0.717, 1.165) is 6.21 Å². The molecule has 1 aliphatic carbocycles. The molecule has 0 aliphatic heterocycles. The van der Waals surface area contributed by atoms with Gasteiger partial charge in [-0.1, -0.05) is 23.2 Å². The third-order valence-electron chi connectivity index (χ3n) is 2.90. The van der Waals surface area contributed by atoms with E-state index in [0.29, 0.717) is 6.42 Å². The van der Waals surface area contributed by atoms with Crippen LogP contribution in [-0.4, -0.2) is 41.1 Å². The molecule has 2 atom stereocenters. The number of carbonyl (C=O) groups is 1. The summed E-state index contributed by atoms with van der Waals surface area (Å²) in [5, 5.41) is 10.3. The van der Waals surface area contributed by atoms with Crippen LogP contribution in [0, 0.1) is 0 Å². The molecule has 118 valence electrons. The van der Waals surface area contributed by atoms with E-state index in [1.165, 1.54) is 12.1 Å². The van der Waals surface area contributed by atoms with Crippen molar-refractivity contribution < 1.29 is 19.0 Å². The van der Waals surface area contributed by atoms with Crippen molar-refractivity contribution in [3.63, 3.8) is 0 Å². The maximum absolute atomic E-state index is 12.9. The maximum atomic E-state index is 12.9. The second-order valence-electron chi connectivity index (χ2n) is 4.55. The minimum absolute atomic E-state index is 0.0741. The van der Waals surface area contributed by atoms with Crippen molar-refractivity contribution in [1.82, 2.24) is 4.98 Å². The number of ether oxygens (including phenoxy) is 1. The van der Waals surface area contributed by atoms with Gasteiger partial charge in [0.25, 0.3) is 0 Å². The molecule has 5 nitrogen and oxygen atoms in total. The highest BCUT2D eigenvalue weighted by atomic mass is 35.5. The average Bonchev–Trinajstić information content (AvgIpc) is 3.15.